The average Bonchev–Trinajstić information content (AvgIpc) is 2.28. The van der Waals surface area contributed by atoms with Crippen LogP contribution in [0.25, 0.3) is 0 Å². The van der Waals surface area contributed by atoms with Crippen LogP contribution in [0, 0.1) is 11.8 Å². The van der Waals surface area contributed by atoms with Gasteiger partial charge in [-0.1, -0.05) is 13.8 Å². The molecule has 1 unspecified atom stereocenters. The molecule has 1 fully saturated rings. The molecule has 4 nitrogen and oxygen atoms in total. The normalized spacial score (nSPS) is 23.7. The largest absolute Gasteiger partial charge is 0.468 e. The number of ether oxygens (including phenoxy) is 1. The van der Waals surface area contributed by atoms with Gasteiger partial charge >= 0.3 is 5.97 Å². The smallest absolute Gasteiger partial charge is 0.323 e. The molecule has 0 spiro atoms. The lowest BCUT2D eigenvalue weighted by atomic mass is 9.97. The maximum atomic E-state index is 11.6. The Morgan fingerprint density at radius 2 is 2.24 bits per heavy atom. The lowest BCUT2D eigenvalue weighted by molar-refractivity contribution is -0.144. The molecule has 0 bridgehead atoms. The van der Waals surface area contributed by atoms with Gasteiger partial charge in [-0.15, -0.1) is 0 Å². The molecule has 1 heterocycles. The Labute approximate surface area is 105 Å². The van der Waals surface area contributed by atoms with Gasteiger partial charge in [0.05, 0.1) is 7.11 Å². The maximum absolute atomic E-state index is 11.6. The summed E-state index contributed by atoms with van der Waals surface area (Å²) >= 11 is 0. The summed E-state index contributed by atoms with van der Waals surface area (Å²) in [6.07, 6.45) is 2.51. The van der Waals surface area contributed by atoms with Gasteiger partial charge in [-0.05, 0) is 44.8 Å². The van der Waals surface area contributed by atoms with Crippen molar-refractivity contribution in [1.82, 2.24) is 10.2 Å². The second-order valence-electron chi connectivity index (χ2n) is 5.42. The predicted molar refractivity (Wildman–Crippen MR) is 68.9 cm³/mol. The van der Waals surface area contributed by atoms with E-state index in [4.69, 9.17) is 4.74 Å². The molecule has 0 saturated carbocycles. The topological polar surface area (TPSA) is 41.6 Å². The summed E-state index contributed by atoms with van der Waals surface area (Å²) in [7, 11) is 3.61. The lowest BCUT2D eigenvalue weighted by Crippen LogP contribution is -2.46. The highest BCUT2D eigenvalue weighted by atomic mass is 16.5. The summed E-state index contributed by atoms with van der Waals surface area (Å²) < 4.78 is 4.82. The summed E-state index contributed by atoms with van der Waals surface area (Å²) in [6, 6.07) is -0.174. The van der Waals surface area contributed by atoms with Crippen LogP contribution in [0.5, 0.6) is 0 Å². The maximum Gasteiger partial charge on any atom is 0.323 e. The van der Waals surface area contributed by atoms with Crippen molar-refractivity contribution in [2.24, 2.45) is 11.8 Å². The Kier molecular flexibility index (Phi) is 5.92. The minimum Gasteiger partial charge on any atom is -0.468 e. The van der Waals surface area contributed by atoms with E-state index in [-0.39, 0.29) is 17.9 Å². The molecular weight excluding hydrogens is 216 g/mol. The Morgan fingerprint density at radius 3 is 2.76 bits per heavy atom. The fourth-order valence-corrected chi connectivity index (χ4v) is 2.45. The zero-order valence-corrected chi connectivity index (χ0v) is 11.5. The van der Waals surface area contributed by atoms with Crippen molar-refractivity contribution in [2.75, 3.05) is 33.8 Å². The van der Waals surface area contributed by atoms with Gasteiger partial charge in [0, 0.05) is 6.54 Å². The molecule has 1 aliphatic heterocycles. The van der Waals surface area contributed by atoms with Crippen LogP contribution in [-0.4, -0.2) is 50.7 Å². The molecule has 1 rings (SSSR count). The highest BCUT2D eigenvalue weighted by Crippen LogP contribution is 2.15. The van der Waals surface area contributed by atoms with Crippen LogP contribution in [0.15, 0.2) is 0 Å². The van der Waals surface area contributed by atoms with E-state index in [1.54, 1.807) is 0 Å². The number of piperidine rings is 1. The number of nitrogens with one attached hydrogen (secondary N) is 1. The van der Waals surface area contributed by atoms with Gasteiger partial charge < -0.3 is 15.0 Å². The van der Waals surface area contributed by atoms with Crippen molar-refractivity contribution in [1.29, 1.82) is 0 Å². The van der Waals surface area contributed by atoms with Gasteiger partial charge in [-0.25, -0.2) is 0 Å². The summed E-state index contributed by atoms with van der Waals surface area (Å²) in [6.45, 7) is 7.31. The van der Waals surface area contributed by atoms with Gasteiger partial charge in [-0.3, -0.25) is 4.79 Å². The highest BCUT2D eigenvalue weighted by Gasteiger charge is 2.24. The van der Waals surface area contributed by atoms with Crippen LogP contribution in [0.1, 0.15) is 26.7 Å². The molecule has 0 amide bonds. The molecule has 0 aliphatic carbocycles. The minimum absolute atomic E-state index is 0.149. The number of carbonyl (C=O) groups is 1. The van der Waals surface area contributed by atoms with E-state index >= 15 is 0 Å². The third-order valence-electron chi connectivity index (χ3n) is 3.47. The number of nitrogens with zero attached hydrogens (tertiary/aromatic N) is 1. The van der Waals surface area contributed by atoms with Crippen LogP contribution in [0.2, 0.25) is 0 Å². The third-order valence-corrected chi connectivity index (χ3v) is 3.47. The van der Waals surface area contributed by atoms with Crippen molar-refractivity contribution in [2.45, 2.75) is 32.7 Å². The molecule has 0 radical (unpaired) electrons. The zero-order valence-electron chi connectivity index (χ0n) is 11.5. The van der Waals surface area contributed by atoms with E-state index in [0.29, 0.717) is 5.92 Å². The molecule has 0 aromatic heterocycles. The average molecular weight is 242 g/mol. The second kappa shape index (κ2) is 6.97. The minimum atomic E-state index is -0.174. The number of carbonyl (C=O) groups excluding carboxylic acids is 1. The molecule has 1 N–H and O–H groups in total. The second-order valence-corrected chi connectivity index (χ2v) is 5.42. The molecule has 1 saturated heterocycles. The summed E-state index contributed by atoms with van der Waals surface area (Å²) in [5.74, 6) is 0.771. The van der Waals surface area contributed by atoms with E-state index in [1.165, 1.54) is 26.5 Å². The van der Waals surface area contributed by atoms with Gasteiger partial charge in [0.15, 0.2) is 0 Å². The first kappa shape index (κ1) is 14.5. The Balaban J connectivity index is 2.38. The first-order chi connectivity index (χ1) is 8.04. The summed E-state index contributed by atoms with van der Waals surface area (Å²) in [4.78, 5) is 14.0. The Morgan fingerprint density at radius 1 is 1.53 bits per heavy atom. The molecule has 2 atom stereocenters. The van der Waals surface area contributed by atoms with Crippen LogP contribution in [-0.2, 0) is 9.53 Å². The molecule has 1 aliphatic rings. The number of esters is 1. The van der Waals surface area contributed by atoms with Crippen LogP contribution in [0.3, 0.4) is 0 Å². The number of hydrogen-bond donors (Lipinski definition) is 1. The van der Waals surface area contributed by atoms with E-state index in [2.05, 4.69) is 17.3 Å². The third kappa shape index (κ3) is 4.64. The van der Waals surface area contributed by atoms with Crippen molar-refractivity contribution >= 4 is 5.97 Å². The quantitative estimate of drug-likeness (QED) is 0.734. The molecule has 17 heavy (non-hydrogen) atoms. The van der Waals surface area contributed by atoms with Crippen molar-refractivity contribution in [3.05, 3.63) is 0 Å². The number of hydrogen-bond acceptors (Lipinski definition) is 4. The number of rotatable bonds is 5. The summed E-state index contributed by atoms with van der Waals surface area (Å²) in [5, 5.41) is 3.36. The molecule has 100 valence electrons. The van der Waals surface area contributed by atoms with Gasteiger partial charge in [-0.2, -0.15) is 0 Å². The predicted octanol–water partition coefficient (Wildman–Crippen LogP) is 1.12. The van der Waals surface area contributed by atoms with Gasteiger partial charge in [0.25, 0.3) is 0 Å². The fraction of sp³-hybridized carbons (Fsp3) is 0.923. The van der Waals surface area contributed by atoms with Crippen molar-refractivity contribution < 1.29 is 9.53 Å². The Hall–Kier alpha value is -0.610. The highest BCUT2D eigenvalue weighted by molar-refractivity contribution is 5.75. The Bertz CT molecular complexity index is 244. The van der Waals surface area contributed by atoms with Crippen LogP contribution >= 0.6 is 0 Å². The standard InChI is InChI=1S/C13H26N2O2/c1-10(2)12(13(16)17-4)14-8-11-6-5-7-15(3)9-11/h10-12,14H,5-9H2,1-4H3/t11?,12-/m0/s1. The first-order valence-electron chi connectivity index (χ1n) is 6.54. The van der Waals surface area contributed by atoms with Crippen molar-refractivity contribution in [3.8, 4) is 0 Å². The molecule has 4 heteroatoms. The van der Waals surface area contributed by atoms with E-state index in [9.17, 15) is 4.79 Å². The van der Waals surface area contributed by atoms with Gasteiger partial charge in [0.1, 0.15) is 6.04 Å². The van der Waals surface area contributed by atoms with Gasteiger partial charge in [0.2, 0.25) is 0 Å². The van der Waals surface area contributed by atoms with E-state index < -0.39 is 0 Å². The molecule has 0 aromatic rings. The van der Waals surface area contributed by atoms with E-state index in [1.807, 2.05) is 13.8 Å². The zero-order chi connectivity index (χ0) is 12.8. The molecule has 0 aromatic carbocycles. The molecular formula is C13H26N2O2. The SMILES string of the molecule is COC(=O)[C@@H](NCC1CCCN(C)C1)C(C)C. The van der Waals surface area contributed by atoms with Crippen LogP contribution in [0.4, 0.5) is 0 Å². The fourth-order valence-electron chi connectivity index (χ4n) is 2.45. The van der Waals surface area contributed by atoms with Crippen molar-refractivity contribution in [3.63, 3.8) is 0 Å². The summed E-state index contributed by atoms with van der Waals surface area (Å²) in [5.41, 5.74) is 0. The van der Waals surface area contributed by atoms with Crippen LogP contribution < -0.4 is 5.32 Å². The lowest BCUT2D eigenvalue weighted by Gasteiger charge is -2.31. The first-order valence-corrected chi connectivity index (χ1v) is 6.54. The number of methoxy groups -OCH3 is 1. The number of likely N-dealkylation sites (tertiary alicyclic amines) is 1. The monoisotopic (exact) mass is 242 g/mol. The van der Waals surface area contributed by atoms with E-state index in [0.717, 1.165) is 13.1 Å².